The minimum absolute atomic E-state index is 0.253. The van der Waals surface area contributed by atoms with Crippen LogP contribution in [0.2, 0.25) is 0 Å². The van der Waals surface area contributed by atoms with Crippen LogP contribution in [0.5, 0.6) is 0 Å². The Morgan fingerprint density at radius 1 is 1.15 bits per heavy atom. The number of aromatic nitrogens is 5. The molecule has 130 valence electrons. The molecule has 4 aromatic rings. The van der Waals surface area contributed by atoms with Crippen molar-refractivity contribution in [2.75, 3.05) is 5.32 Å². The summed E-state index contributed by atoms with van der Waals surface area (Å²) in [5.41, 5.74) is 3.67. The van der Waals surface area contributed by atoms with E-state index in [0.717, 1.165) is 22.6 Å². The zero-order valence-corrected chi connectivity index (χ0v) is 14.5. The van der Waals surface area contributed by atoms with Gasteiger partial charge in [-0.15, -0.1) is 0 Å². The summed E-state index contributed by atoms with van der Waals surface area (Å²) in [5.74, 6) is 0.938. The first-order valence-corrected chi connectivity index (χ1v) is 8.02. The van der Waals surface area contributed by atoms with Gasteiger partial charge < -0.3 is 9.73 Å². The number of carbonyl (C=O) groups is 1. The van der Waals surface area contributed by atoms with Crippen molar-refractivity contribution in [2.24, 2.45) is 0 Å². The number of hydrogen-bond acceptors (Lipinski definition) is 6. The molecule has 1 amide bonds. The lowest BCUT2D eigenvalue weighted by molar-refractivity contribution is 0.102. The smallest absolute Gasteiger partial charge is 0.256 e. The second-order valence-corrected chi connectivity index (χ2v) is 5.98. The number of carbonyl (C=O) groups excluding carboxylic acids is 1. The van der Waals surface area contributed by atoms with Crippen LogP contribution in [-0.4, -0.2) is 30.6 Å². The van der Waals surface area contributed by atoms with Crippen molar-refractivity contribution in [1.82, 2.24) is 24.7 Å². The van der Waals surface area contributed by atoms with Gasteiger partial charge in [-0.2, -0.15) is 5.10 Å². The largest absolute Gasteiger partial charge is 0.443 e. The van der Waals surface area contributed by atoms with Gasteiger partial charge in [-0.1, -0.05) is 0 Å². The lowest BCUT2D eigenvalue weighted by Gasteiger charge is -2.09. The highest BCUT2D eigenvalue weighted by molar-refractivity contribution is 6.08. The lowest BCUT2D eigenvalue weighted by atomic mass is 10.1. The topological polar surface area (TPSA) is 98.7 Å². The quantitative estimate of drug-likeness (QED) is 0.611. The monoisotopic (exact) mass is 348 g/mol. The first-order chi connectivity index (χ1) is 12.5. The third kappa shape index (κ3) is 2.61. The molecule has 0 radical (unpaired) electrons. The maximum atomic E-state index is 12.7. The average Bonchev–Trinajstić information content (AvgIpc) is 3.24. The van der Waals surface area contributed by atoms with E-state index < -0.39 is 0 Å². The molecule has 0 aliphatic carbocycles. The predicted octanol–water partition coefficient (Wildman–Crippen LogP) is 2.98. The first-order valence-electron chi connectivity index (χ1n) is 8.02. The Labute approximate surface area is 148 Å². The number of nitrogens with one attached hydrogen (secondary N) is 1. The van der Waals surface area contributed by atoms with Gasteiger partial charge in [0.2, 0.25) is 5.71 Å². The Morgan fingerprint density at radius 2 is 2.00 bits per heavy atom. The maximum Gasteiger partial charge on any atom is 0.256 e. The molecule has 8 heteroatoms. The number of furan rings is 1. The van der Waals surface area contributed by atoms with Crippen LogP contribution in [0.1, 0.15) is 27.2 Å². The Balaban J connectivity index is 1.66. The second-order valence-electron chi connectivity index (χ2n) is 5.98. The fraction of sp³-hybridized carbons (Fsp3) is 0.167. The van der Waals surface area contributed by atoms with Gasteiger partial charge in [0.25, 0.3) is 5.91 Å². The van der Waals surface area contributed by atoms with E-state index in [1.807, 2.05) is 26.8 Å². The summed E-state index contributed by atoms with van der Waals surface area (Å²) in [4.78, 5) is 24.9. The molecule has 0 spiro atoms. The molecule has 26 heavy (non-hydrogen) atoms. The van der Waals surface area contributed by atoms with Crippen molar-refractivity contribution in [3.8, 4) is 5.69 Å². The molecular weight excluding hydrogens is 332 g/mol. The molecule has 0 aliphatic heterocycles. The molecule has 0 saturated heterocycles. The van der Waals surface area contributed by atoms with Crippen LogP contribution >= 0.6 is 0 Å². The number of anilines is 1. The fourth-order valence-electron chi connectivity index (χ4n) is 2.84. The fourth-order valence-corrected chi connectivity index (χ4v) is 2.84. The molecule has 1 N–H and O–H groups in total. The summed E-state index contributed by atoms with van der Waals surface area (Å²) in [6, 6.07) is 5.38. The number of benzene rings is 1. The van der Waals surface area contributed by atoms with Crippen LogP contribution in [-0.2, 0) is 0 Å². The Bertz CT molecular complexity index is 1110. The van der Waals surface area contributed by atoms with Crippen LogP contribution in [0.15, 0.2) is 41.6 Å². The Hall–Kier alpha value is -3.55. The maximum absolute atomic E-state index is 12.7. The van der Waals surface area contributed by atoms with Gasteiger partial charge in [0.05, 0.1) is 11.1 Å². The van der Waals surface area contributed by atoms with Gasteiger partial charge in [0.15, 0.2) is 0 Å². The second kappa shape index (κ2) is 6.07. The predicted molar refractivity (Wildman–Crippen MR) is 95.3 cm³/mol. The number of fused-ring (bicyclic) bond motifs is 1. The SMILES string of the molecule is Cc1cc(C(=O)Nc2ncnc3oc(C)c(C)c23)ccc1-n1cncn1. The van der Waals surface area contributed by atoms with Crippen LogP contribution in [0.4, 0.5) is 5.82 Å². The van der Waals surface area contributed by atoms with E-state index in [2.05, 4.69) is 25.4 Å². The summed E-state index contributed by atoms with van der Waals surface area (Å²) < 4.78 is 7.24. The van der Waals surface area contributed by atoms with Gasteiger partial charge in [0.1, 0.15) is 30.6 Å². The number of nitrogens with zero attached hydrogens (tertiary/aromatic N) is 5. The molecule has 4 rings (SSSR count). The van der Waals surface area contributed by atoms with Crippen molar-refractivity contribution in [2.45, 2.75) is 20.8 Å². The van der Waals surface area contributed by atoms with Crippen LogP contribution < -0.4 is 5.32 Å². The van der Waals surface area contributed by atoms with Gasteiger partial charge in [-0.3, -0.25) is 4.79 Å². The third-order valence-electron chi connectivity index (χ3n) is 4.32. The van der Waals surface area contributed by atoms with Gasteiger partial charge >= 0.3 is 0 Å². The Morgan fingerprint density at radius 3 is 2.73 bits per heavy atom. The van der Waals surface area contributed by atoms with Gasteiger partial charge in [0, 0.05) is 11.1 Å². The zero-order valence-electron chi connectivity index (χ0n) is 14.5. The minimum atomic E-state index is -0.253. The van der Waals surface area contributed by atoms with E-state index in [4.69, 9.17) is 4.42 Å². The average molecular weight is 348 g/mol. The highest BCUT2D eigenvalue weighted by Crippen LogP contribution is 2.28. The molecule has 1 aromatic carbocycles. The third-order valence-corrected chi connectivity index (χ3v) is 4.32. The molecule has 0 aliphatic rings. The van der Waals surface area contributed by atoms with Crippen LogP contribution in [0.25, 0.3) is 16.8 Å². The van der Waals surface area contributed by atoms with E-state index in [9.17, 15) is 4.79 Å². The van der Waals surface area contributed by atoms with E-state index in [1.54, 1.807) is 23.1 Å². The molecule has 0 atom stereocenters. The Kier molecular flexibility index (Phi) is 3.72. The highest BCUT2D eigenvalue weighted by Gasteiger charge is 2.16. The minimum Gasteiger partial charge on any atom is -0.443 e. The molecule has 8 nitrogen and oxygen atoms in total. The van der Waals surface area contributed by atoms with Gasteiger partial charge in [-0.25, -0.2) is 19.6 Å². The first kappa shape index (κ1) is 15.9. The zero-order chi connectivity index (χ0) is 18.3. The number of aryl methyl sites for hydroxylation is 3. The van der Waals surface area contributed by atoms with E-state index in [1.165, 1.54) is 12.7 Å². The molecule has 0 unspecified atom stereocenters. The highest BCUT2D eigenvalue weighted by atomic mass is 16.3. The molecule has 0 saturated carbocycles. The molecule has 3 heterocycles. The summed E-state index contributed by atoms with van der Waals surface area (Å²) in [5, 5.41) is 7.68. The molecular formula is C18H16N6O2. The number of hydrogen-bond donors (Lipinski definition) is 1. The molecule has 3 aromatic heterocycles. The summed E-state index contributed by atoms with van der Waals surface area (Å²) in [6.07, 6.45) is 4.46. The summed E-state index contributed by atoms with van der Waals surface area (Å²) in [6.45, 7) is 5.69. The standard InChI is InChI=1S/C18H16N6O2/c1-10-6-13(4-5-14(10)24-9-19-7-22-24)17(25)23-16-15-11(2)12(3)26-18(15)21-8-20-16/h4-9H,1-3H3,(H,20,21,23,25). The summed E-state index contributed by atoms with van der Waals surface area (Å²) in [7, 11) is 0. The molecule has 0 fully saturated rings. The van der Waals surface area contributed by atoms with Crippen molar-refractivity contribution in [3.05, 3.63) is 59.6 Å². The van der Waals surface area contributed by atoms with Crippen molar-refractivity contribution in [3.63, 3.8) is 0 Å². The van der Waals surface area contributed by atoms with Crippen LogP contribution in [0, 0.1) is 20.8 Å². The van der Waals surface area contributed by atoms with Crippen molar-refractivity contribution >= 4 is 22.8 Å². The van der Waals surface area contributed by atoms with E-state index in [-0.39, 0.29) is 5.91 Å². The van der Waals surface area contributed by atoms with Gasteiger partial charge in [-0.05, 0) is 44.5 Å². The van der Waals surface area contributed by atoms with E-state index >= 15 is 0 Å². The number of rotatable bonds is 3. The molecule has 0 bridgehead atoms. The van der Waals surface area contributed by atoms with Crippen LogP contribution in [0.3, 0.4) is 0 Å². The van der Waals surface area contributed by atoms with Crippen molar-refractivity contribution < 1.29 is 9.21 Å². The number of amides is 1. The summed E-state index contributed by atoms with van der Waals surface area (Å²) >= 11 is 0. The lowest BCUT2D eigenvalue weighted by Crippen LogP contribution is -2.14. The normalized spacial score (nSPS) is 11.0. The van der Waals surface area contributed by atoms with Crippen molar-refractivity contribution in [1.29, 1.82) is 0 Å². The van der Waals surface area contributed by atoms with E-state index in [0.29, 0.717) is 22.5 Å².